The predicted octanol–water partition coefficient (Wildman–Crippen LogP) is 0.113. The summed E-state index contributed by atoms with van der Waals surface area (Å²) in [7, 11) is 0. The third-order valence-corrected chi connectivity index (χ3v) is 3.06. The zero-order valence-corrected chi connectivity index (χ0v) is 9.47. The molecule has 1 aromatic heterocycles. The predicted molar refractivity (Wildman–Crippen MR) is 60.2 cm³/mol. The van der Waals surface area contributed by atoms with Crippen LogP contribution in [0.15, 0.2) is 17.5 Å². The Hall–Kier alpha value is -2.05. The largest absolute Gasteiger partial charge is 0.409 e. The van der Waals surface area contributed by atoms with Gasteiger partial charge >= 0.3 is 0 Å². The average molecular weight is 237 g/mol. The van der Waals surface area contributed by atoms with Crippen molar-refractivity contribution in [1.29, 1.82) is 0 Å². The highest BCUT2D eigenvalue weighted by molar-refractivity contribution is 6.09. The minimum absolute atomic E-state index is 0.0263. The Bertz CT molecular complexity index is 436. The second-order valence-corrected chi connectivity index (χ2v) is 4.24. The van der Waals surface area contributed by atoms with Crippen LogP contribution in [0.2, 0.25) is 0 Å². The number of aromatic amines is 1. The molecule has 7 nitrogen and oxygen atoms in total. The van der Waals surface area contributed by atoms with Gasteiger partial charge in [0.15, 0.2) is 5.84 Å². The molecule has 0 aromatic carbocycles. The minimum Gasteiger partial charge on any atom is -0.409 e. The van der Waals surface area contributed by atoms with Gasteiger partial charge in [0, 0.05) is 12.4 Å². The number of rotatable bonds is 4. The van der Waals surface area contributed by atoms with Gasteiger partial charge in [-0.15, -0.1) is 0 Å². The summed E-state index contributed by atoms with van der Waals surface area (Å²) in [5, 5.41) is 14.4. The lowest BCUT2D eigenvalue weighted by atomic mass is 10.0. The first kappa shape index (κ1) is 11.4. The number of amidine groups is 1. The quantitative estimate of drug-likeness (QED) is 0.257. The number of hydrogen-bond donors (Lipinski definition) is 4. The van der Waals surface area contributed by atoms with Crippen LogP contribution >= 0.6 is 0 Å². The summed E-state index contributed by atoms with van der Waals surface area (Å²) in [5.41, 5.74) is 4.70. The number of nitrogens with two attached hydrogens (primary N) is 1. The molecule has 1 unspecified atom stereocenters. The molecule has 92 valence electrons. The molecule has 1 atom stereocenters. The zero-order valence-electron chi connectivity index (χ0n) is 9.47. The first-order valence-electron chi connectivity index (χ1n) is 5.38. The van der Waals surface area contributed by atoms with E-state index in [0.29, 0.717) is 18.7 Å². The molecule has 1 amide bonds. The summed E-state index contributed by atoms with van der Waals surface area (Å²) in [4.78, 5) is 19.0. The fourth-order valence-electron chi connectivity index (χ4n) is 1.74. The van der Waals surface area contributed by atoms with Crippen LogP contribution in [0.5, 0.6) is 0 Å². The molecule has 1 aliphatic carbocycles. The van der Waals surface area contributed by atoms with Crippen molar-refractivity contribution in [2.45, 2.75) is 25.8 Å². The zero-order chi connectivity index (χ0) is 12.5. The molecular formula is C10H15N5O2. The molecule has 1 aromatic rings. The Labute approximate surface area is 98.1 Å². The lowest BCUT2D eigenvalue weighted by molar-refractivity contribution is -0.124. The molecule has 1 fully saturated rings. The van der Waals surface area contributed by atoms with Gasteiger partial charge in [-0.25, -0.2) is 4.98 Å². The summed E-state index contributed by atoms with van der Waals surface area (Å²) >= 11 is 0. The van der Waals surface area contributed by atoms with Crippen LogP contribution in [0.25, 0.3) is 0 Å². The number of nitrogens with zero attached hydrogens (tertiary/aromatic N) is 2. The molecule has 7 heteroatoms. The van der Waals surface area contributed by atoms with Crippen molar-refractivity contribution in [1.82, 2.24) is 15.3 Å². The summed E-state index contributed by atoms with van der Waals surface area (Å²) in [6.45, 7) is 1.82. The number of H-pyrrole nitrogens is 1. The van der Waals surface area contributed by atoms with Crippen molar-refractivity contribution in [2.75, 3.05) is 0 Å². The second kappa shape index (κ2) is 4.08. The Morgan fingerprint density at radius 2 is 2.47 bits per heavy atom. The third-order valence-electron chi connectivity index (χ3n) is 3.06. The van der Waals surface area contributed by atoms with Gasteiger partial charge in [0.2, 0.25) is 5.91 Å². The lowest BCUT2D eigenvalue weighted by Crippen LogP contribution is -2.41. The van der Waals surface area contributed by atoms with E-state index in [1.54, 1.807) is 12.4 Å². The fraction of sp³-hybridized carbons (Fsp3) is 0.500. The smallest absolute Gasteiger partial charge is 0.234 e. The van der Waals surface area contributed by atoms with Crippen LogP contribution in [-0.2, 0) is 4.79 Å². The average Bonchev–Trinajstić information content (AvgIpc) is 2.95. The fourth-order valence-corrected chi connectivity index (χ4v) is 1.74. The maximum Gasteiger partial charge on any atom is 0.234 e. The number of imidazole rings is 1. The number of amides is 1. The molecule has 1 saturated carbocycles. The Kier molecular flexibility index (Phi) is 2.74. The summed E-state index contributed by atoms with van der Waals surface area (Å²) in [6, 6.07) is -0.235. The van der Waals surface area contributed by atoms with Gasteiger partial charge in [0.1, 0.15) is 11.2 Å². The van der Waals surface area contributed by atoms with E-state index in [4.69, 9.17) is 10.9 Å². The van der Waals surface area contributed by atoms with Gasteiger partial charge in [-0.1, -0.05) is 5.16 Å². The number of aromatic nitrogens is 2. The van der Waals surface area contributed by atoms with Gasteiger partial charge < -0.3 is 21.2 Å². The topological polar surface area (TPSA) is 116 Å². The van der Waals surface area contributed by atoms with Crippen molar-refractivity contribution < 1.29 is 10.0 Å². The van der Waals surface area contributed by atoms with Crippen molar-refractivity contribution in [3.05, 3.63) is 18.2 Å². The van der Waals surface area contributed by atoms with Crippen molar-refractivity contribution in [3.8, 4) is 0 Å². The molecule has 1 heterocycles. The van der Waals surface area contributed by atoms with Gasteiger partial charge in [-0.2, -0.15) is 0 Å². The number of nitrogens with one attached hydrogen (secondary N) is 2. The molecule has 5 N–H and O–H groups in total. The van der Waals surface area contributed by atoms with E-state index in [-0.39, 0.29) is 17.8 Å². The van der Waals surface area contributed by atoms with Crippen LogP contribution in [-0.4, -0.2) is 26.9 Å². The highest BCUT2D eigenvalue weighted by Crippen LogP contribution is 2.46. The summed E-state index contributed by atoms with van der Waals surface area (Å²) in [6.07, 6.45) is 4.53. The normalized spacial score (nSPS) is 19.7. The van der Waals surface area contributed by atoms with Crippen LogP contribution < -0.4 is 11.1 Å². The van der Waals surface area contributed by atoms with E-state index in [0.717, 1.165) is 0 Å². The molecule has 0 saturated heterocycles. The molecule has 0 bridgehead atoms. The summed E-state index contributed by atoms with van der Waals surface area (Å²) in [5.74, 6) is 0.423. The summed E-state index contributed by atoms with van der Waals surface area (Å²) < 4.78 is 0. The van der Waals surface area contributed by atoms with E-state index < -0.39 is 5.41 Å². The van der Waals surface area contributed by atoms with Crippen LogP contribution in [0.3, 0.4) is 0 Å². The molecule has 2 rings (SSSR count). The van der Waals surface area contributed by atoms with Gasteiger partial charge in [-0.05, 0) is 19.8 Å². The molecule has 17 heavy (non-hydrogen) atoms. The van der Waals surface area contributed by atoms with Crippen LogP contribution in [0, 0.1) is 5.41 Å². The van der Waals surface area contributed by atoms with E-state index in [2.05, 4.69) is 20.4 Å². The monoisotopic (exact) mass is 237 g/mol. The number of carbonyl (C=O) groups excluding carboxylic acids is 1. The van der Waals surface area contributed by atoms with Gasteiger partial charge in [0.25, 0.3) is 0 Å². The maximum atomic E-state index is 12.0. The highest BCUT2D eigenvalue weighted by Gasteiger charge is 2.54. The maximum absolute atomic E-state index is 12.0. The molecule has 0 spiro atoms. The SMILES string of the molecule is CC(NC(=O)C1(/C(N)=N/O)CC1)c1ncc[nH]1. The van der Waals surface area contributed by atoms with E-state index in [9.17, 15) is 4.79 Å². The lowest BCUT2D eigenvalue weighted by Gasteiger charge is -2.17. The highest BCUT2D eigenvalue weighted by atomic mass is 16.4. The number of carbonyl (C=O) groups is 1. The van der Waals surface area contributed by atoms with Gasteiger partial charge in [0.05, 0.1) is 6.04 Å². The first-order chi connectivity index (χ1) is 8.10. The Balaban J connectivity index is 2.03. The van der Waals surface area contributed by atoms with E-state index >= 15 is 0 Å². The van der Waals surface area contributed by atoms with Gasteiger partial charge in [-0.3, -0.25) is 4.79 Å². The van der Waals surface area contributed by atoms with E-state index in [1.165, 1.54) is 0 Å². The standard InChI is InChI=1S/C10H15N5O2/c1-6(7-12-4-5-13-7)14-9(16)10(2-3-10)8(11)15-17/h4-6,17H,2-3H2,1H3,(H2,11,15)(H,12,13)(H,14,16). The Morgan fingerprint density at radius 3 is 2.94 bits per heavy atom. The molecule has 1 aliphatic rings. The molecule has 0 aliphatic heterocycles. The van der Waals surface area contributed by atoms with Crippen molar-refractivity contribution >= 4 is 11.7 Å². The number of hydrogen-bond acceptors (Lipinski definition) is 4. The van der Waals surface area contributed by atoms with Crippen LogP contribution in [0.1, 0.15) is 31.6 Å². The van der Waals surface area contributed by atoms with Crippen molar-refractivity contribution in [2.24, 2.45) is 16.3 Å². The third kappa shape index (κ3) is 1.95. The molecule has 0 radical (unpaired) electrons. The number of oxime groups is 1. The van der Waals surface area contributed by atoms with E-state index in [1.807, 2.05) is 6.92 Å². The minimum atomic E-state index is -0.824. The van der Waals surface area contributed by atoms with Crippen LogP contribution in [0.4, 0.5) is 0 Å². The Morgan fingerprint density at radius 1 is 1.76 bits per heavy atom. The van der Waals surface area contributed by atoms with Crippen molar-refractivity contribution in [3.63, 3.8) is 0 Å². The molecular weight excluding hydrogens is 222 g/mol. The second-order valence-electron chi connectivity index (χ2n) is 4.24. The first-order valence-corrected chi connectivity index (χ1v) is 5.38.